The van der Waals surface area contributed by atoms with Crippen LogP contribution in [-0.4, -0.2) is 19.7 Å². The molecule has 0 spiro atoms. The maximum Gasteiger partial charge on any atom is 0.120 e. The van der Waals surface area contributed by atoms with Crippen LogP contribution in [0.1, 0.15) is 26.2 Å². The van der Waals surface area contributed by atoms with E-state index in [4.69, 9.17) is 4.74 Å². The Morgan fingerprint density at radius 3 is 2.88 bits per heavy atom. The van der Waals surface area contributed by atoms with Gasteiger partial charge in [-0.05, 0) is 73.1 Å². The molecule has 1 aromatic rings. The Morgan fingerprint density at radius 1 is 1.25 bits per heavy atom. The zero-order valence-corrected chi connectivity index (χ0v) is 12.0. The fourth-order valence-electron chi connectivity index (χ4n) is 1.40. The molecule has 0 aliphatic heterocycles. The third kappa shape index (κ3) is 6.33. The van der Waals surface area contributed by atoms with E-state index in [1.54, 1.807) is 0 Å². The van der Waals surface area contributed by atoms with E-state index >= 15 is 0 Å². The molecule has 0 saturated heterocycles. The van der Waals surface area contributed by atoms with Gasteiger partial charge >= 0.3 is 0 Å². The number of ether oxygens (including phenoxy) is 1. The summed E-state index contributed by atoms with van der Waals surface area (Å²) in [6.45, 7) is 5.22. The molecule has 0 atom stereocenters. The summed E-state index contributed by atoms with van der Waals surface area (Å²) in [6, 6.07) is 8.18. The number of hydrogen-bond acceptors (Lipinski definition) is 2. The molecule has 0 amide bonds. The first-order chi connectivity index (χ1) is 7.83. The second kappa shape index (κ2) is 8.82. The van der Waals surface area contributed by atoms with Gasteiger partial charge in [-0.2, -0.15) is 0 Å². The van der Waals surface area contributed by atoms with Gasteiger partial charge in [0.05, 0.1) is 6.61 Å². The Labute approximate surface area is 112 Å². The maximum atomic E-state index is 5.66. The van der Waals surface area contributed by atoms with Gasteiger partial charge in [-0.1, -0.05) is 13.0 Å². The first-order valence-corrected chi connectivity index (χ1v) is 7.00. The third-order valence-corrected chi connectivity index (χ3v) is 2.91. The number of nitrogens with one attached hydrogen (secondary N) is 1. The van der Waals surface area contributed by atoms with Gasteiger partial charge in [0.15, 0.2) is 0 Å². The highest BCUT2D eigenvalue weighted by Gasteiger charge is 1.94. The Kier molecular flexibility index (Phi) is 7.59. The molecule has 0 heterocycles. The highest BCUT2D eigenvalue weighted by atomic mass is 127. The quantitative estimate of drug-likeness (QED) is 0.581. The summed E-state index contributed by atoms with van der Waals surface area (Å²) < 4.78 is 6.88. The Bertz CT molecular complexity index is 291. The van der Waals surface area contributed by atoms with Gasteiger partial charge in [-0.15, -0.1) is 0 Å². The van der Waals surface area contributed by atoms with E-state index in [2.05, 4.69) is 47.0 Å². The Hall–Kier alpha value is -0.290. The van der Waals surface area contributed by atoms with Crippen LogP contribution in [0.4, 0.5) is 0 Å². The number of rotatable bonds is 8. The smallest absolute Gasteiger partial charge is 0.120 e. The first-order valence-electron chi connectivity index (χ1n) is 5.92. The molecule has 0 aromatic heterocycles. The molecule has 0 unspecified atom stereocenters. The molecule has 16 heavy (non-hydrogen) atoms. The molecule has 1 aromatic carbocycles. The lowest BCUT2D eigenvalue weighted by Gasteiger charge is -2.06. The van der Waals surface area contributed by atoms with Gasteiger partial charge in [0.1, 0.15) is 5.75 Å². The molecule has 0 aliphatic carbocycles. The van der Waals surface area contributed by atoms with E-state index in [1.165, 1.54) is 16.4 Å². The molecule has 0 radical (unpaired) electrons. The van der Waals surface area contributed by atoms with E-state index in [0.717, 1.165) is 31.9 Å². The Balaban J connectivity index is 2.03. The molecule has 0 fully saturated rings. The van der Waals surface area contributed by atoms with Crippen LogP contribution in [0.3, 0.4) is 0 Å². The van der Waals surface area contributed by atoms with Gasteiger partial charge in [-0.3, -0.25) is 0 Å². The zero-order valence-electron chi connectivity index (χ0n) is 9.84. The van der Waals surface area contributed by atoms with Crippen molar-refractivity contribution in [3.05, 3.63) is 27.8 Å². The molecular weight excluding hydrogens is 313 g/mol. The normalized spacial score (nSPS) is 10.4. The van der Waals surface area contributed by atoms with Crippen molar-refractivity contribution in [2.75, 3.05) is 19.7 Å². The van der Waals surface area contributed by atoms with Gasteiger partial charge in [0.2, 0.25) is 0 Å². The predicted molar refractivity (Wildman–Crippen MR) is 77.0 cm³/mol. The first kappa shape index (κ1) is 13.8. The predicted octanol–water partition coefficient (Wildman–Crippen LogP) is 3.45. The summed E-state index contributed by atoms with van der Waals surface area (Å²) in [4.78, 5) is 0. The van der Waals surface area contributed by atoms with Gasteiger partial charge in [0.25, 0.3) is 0 Å². The van der Waals surface area contributed by atoms with Crippen molar-refractivity contribution in [2.24, 2.45) is 0 Å². The van der Waals surface area contributed by atoms with Gasteiger partial charge in [-0.25, -0.2) is 0 Å². The molecule has 2 nitrogen and oxygen atoms in total. The van der Waals surface area contributed by atoms with Crippen LogP contribution in [0, 0.1) is 3.57 Å². The Morgan fingerprint density at radius 2 is 2.12 bits per heavy atom. The number of hydrogen-bond donors (Lipinski definition) is 1. The van der Waals surface area contributed by atoms with Gasteiger partial charge in [0, 0.05) is 3.57 Å². The number of unbranched alkanes of at least 4 members (excludes halogenated alkanes) is 1. The minimum Gasteiger partial charge on any atom is -0.494 e. The van der Waals surface area contributed by atoms with Crippen molar-refractivity contribution in [3.63, 3.8) is 0 Å². The van der Waals surface area contributed by atoms with Crippen molar-refractivity contribution in [3.8, 4) is 5.75 Å². The molecule has 0 saturated carbocycles. The lowest BCUT2D eigenvalue weighted by atomic mass is 10.3. The number of benzene rings is 1. The second-order valence-electron chi connectivity index (χ2n) is 3.76. The van der Waals surface area contributed by atoms with Crippen molar-refractivity contribution < 1.29 is 4.74 Å². The van der Waals surface area contributed by atoms with E-state index in [0.29, 0.717) is 0 Å². The van der Waals surface area contributed by atoms with Crippen molar-refractivity contribution >= 4 is 22.6 Å². The van der Waals surface area contributed by atoms with E-state index in [-0.39, 0.29) is 0 Å². The van der Waals surface area contributed by atoms with E-state index in [1.807, 2.05) is 12.1 Å². The summed E-state index contributed by atoms with van der Waals surface area (Å²) in [6.07, 6.45) is 3.51. The molecular formula is C13H20INO. The summed E-state index contributed by atoms with van der Waals surface area (Å²) in [7, 11) is 0. The van der Waals surface area contributed by atoms with Crippen LogP contribution in [0.15, 0.2) is 24.3 Å². The second-order valence-corrected chi connectivity index (χ2v) is 5.01. The largest absolute Gasteiger partial charge is 0.494 e. The highest BCUT2D eigenvalue weighted by Crippen LogP contribution is 2.14. The van der Waals surface area contributed by atoms with Crippen LogP contribution in [-0.2, 0) is 0 Å². The fourth-order valence-corrected chi connectivity index (χ4v) is 1.92. The zero-order chi connectivity index (χ0) is 11.6. The van der Waals surface area contributed by atoms with Crippen molar-refractivity contribution in [1.29, 1.82) is 0 Å². The molecule has 1 N–H and O–H groups in total. The van der Waals surface area contributed by atoms with Crippen molar-refractivity contribution in [1.82, 2.24) is 5.32 Å². The molecule has 0 bridgehead atoms. The minimum atomic E-state index is 0.813. The molecule has 0 aliphatic rings. The van der Waals surface area contributed by atoms with Crippen molar-refractivity contribution in [2.45, 2.75) is 26.2 Å². The summed E-state index contributed by atoms with van der Waals surface area (Å²) in [5, 5.41) is 3.39. The molecule has 90 valence electrons. The lowest BCUT2D eigenvalue weighted by molar-refractivity contribution is 0.305. The fraction of sp³-hybridized carbons (Fsp3) is 0.538. The lowest BCUT2D eigenvalue weighted by Crippen LogP contribution is -2.16. The minimum absolute atomic E-state index is 0.813. The van der Waals surface area contributed by atoms with E-state index in [9.17, 15) is 0 Å². The van der Waals surface area contributed by atoms with Crippen LogP contribution >= 0.6 is 22.6 Å². The average molecular weight is 333 g/mol. The molecule has 3 heteroatoms. The van der Waals surface area contributed by atoms with Crippen LogP contribution in [0.5, 0.6) is 5.75 Å². The SMILES string of the molecule is CCCNCCCCOc1cccc(I)c1. The van der Waals surface area contributed by atoms with Crippen LogP contribution < -0.4 is 10.1 Å². The van der Waals surface area contributed by atoms with E-state index < -0.39 is 0 Å². The standard InChI is InChI=1S/C13H20INO/c1-2-8-15-9-3-4-10-16-13-7-5-6-12(14)11-13/h5-7,11,15H,2-4,8-10H2,1H3. The third-order valence-electron chi connectivity index (χ3n) is 2.24. The maximum absolute atomic E-state index is 5.66. The highest BCUT2D eigenvalue weighted by molar-refractivity contribution is 14.1. The van der Waals surface area contributed by atoms with Crippen LogP contribution in [0.2, 0.25) is 0 Å². The average Bonchev–Trinajstić information content (AvgIpc) is 2.28. The van der Waals surface area contributed by atoms with Crippen LogP contribution in [0.25, 0.3) is 0 Å². The topological polar surface area (TPSA) is 21.3 Å². The van der Waals surface area contributed by atoms with Gasteiger partial charge < -0.3 is 10.1 Å². The molecule has 1 rings (SSSR count). The summed E-state index contributed by atoms with van der Waals surface area (Å²) >= 11 is 2.30. The monoisotopic (exact) mass is 333 g/mol. The summed E-state index contributed by atoms with van der Waals surface area (Å²) in [5.74, 6) is 0.980. The summed E-state index contributed by atoms with van der Waals surface area (Å²) in [5.41, 5.74) is 0. The number of halogens is 1.